The summed E-state index contributed by atoms with van der Waals surface area (Å²) in [6.45, 7) is 2.13. The summed E-state index contributed by atoms with van der Waals surface area (Å²) in [6.07, 6.45) is 5.33. The summed E-state index contributed by atoms with van der Waals surface area (Å²) in [5.41, 5.74) is 0.303. The second-order valence-corrected chi connectivity index (χ2v) is 6.01. The second kappa shape index (κ2) is 5.70. The highest BCUT2D eigenvalue weighted by Gasteiger charge is 2.29. The summed E-state index contributed by atoms with van der Waals surface area (Å²) < 4.78 is 5.16. The molecule has 0 saturated heterocycles. The number of hydrogen-bond acceptors (Lipinski definition) is 6. The van der Waals surface area contributed by atoms with Gasteiger partial charge in [-0.15, -0.1) is 10.2 Å². The van der Waals surface area contributed by atoms with Crippen LogP contribution in [0, 0.1) is 0 Å². The van der Waals surface area contributed by atoms with Crippen molar-refractivity contribution in [2.45, 2.75) is 44.9 Å². The van der Waals surface area contributed by atoms with E-state index in [2.05, 4.69) is 27.6 Å². The minimum atomic E-state index is -0.293. The van der Waals surface area contributed by atoms with Gasteiger partial charge in [0.05, 0.1) is 0 Å². The molecule has 2 aromatic heterocycles. The molecule has 0 aromatic carbocycles. The molecule has 0 unspecified atom stereocenters. The first-order valence-corrected chi connectivity index (χ1v) is 7.68. The van der Waals surface area contributed by atoms with Crippen molar-refractivity contribution < 1.29 is 9.32 Å². The van der Waals surface area contributed by atoms with Gasteiger partial charge in [0.15, 0.2) is 5.69 Å². The molecule has 1 saturated carbocycles. The average molecular weight is 292 g/mol. The quantitative estimate of drug-likeness (QED) is 0.885. The molecular formula is C13H16N4O2S. The molecule has 1 aliphatic rings. The topological polar surface area (TPSA) is 80.9 Å². The summed E-state index contributed by atoms with van der Waals surface area (Å²) >= 11 is 1.41. The molecule has 1 N–H and O–H groups in total. The summed E-state index contributed by atoms with van der Waals surface area (Å²) in [5.74, 6) is 0.959. The van der Waals surface area contributed by atoms with Gasteiger partial charge in [0.1, 0.15) is 10.8 Å². The first-order chi connectivity index (χ1) is 9.76. The monoisotopic (exact) mass is 292 g/mol. The molecule has 1 aliphatic carbocycles. The maximum absolute atomic E-state index is 12.0. The zero-order chi connectivity index (χ0) is 13.9. The van der Waals surface area contributed by atoms with E-state index >= 15 is 0 Å². The van der Waals surface area contributed by atoms with Crippen LogP contribution in [0.4, 0.5) is 5.13 Å². The molecule has 1 amide bonds. The first kappa shape index (κ1) is 13.2. The Morgan fingerprint density at radius 1 is 1.50 bits per heavy atom. The van der Waals surface area contributed by atoms with Gasteiger partial charge in [0.2, 0.25) is 5.13 Å². The van der Waals surface area contributed by atoms with Crippen LogP contribution in [0.3, 0.4) is 0 Å². The van der Waals surface area contributed by atoms with Crippen molar-refractivity contribution in [2.75, 3.05) is 5.32 Å². The van der Waals surface area contributed by atoms with Crippen LogP contribution in [-0.4, -0.2) is 21.3 Å². The Labute approximate surface area is 120 Å². The van der Waals surface area contributed by atoms with Gasteiger partial charge in [-0.1, -0.05) is 29.8 Å². The van der Waals surface area contributed by atoms with E-state index < -0.39 is 0 Å². The Balaban J connectivity index is 1.60. The van der Waals surface area contributed by atoms with E-state index in [1.807, 2.05) is 0 Å². The third kappa shape index (κ3) is 3.04. The normalized spacial score (nSPS) is 14.4. The number of anilines is 1. The van der Waals surface area contributed by atoms with Gasteiger partial charge in [-0.05, 0) is 19.3 Å². The number of carbonyl (C=O) groups excluding carboxylic acids is 1. The molecule has 20 heavy (non-hydrogen) atoms. The van der Waals surface area contributed by atoms with Crippen molar-refractivity contribution in [3.05, 3.63) is 22.5 Å². The van der Waals surface area contributed by atoms with Crippen molar-refractivity contribution >= 4 is 22.4 Å². The summed E-state index contributed by atoms with van der Waals surface area (Å²) in [5, 5.41) is 16.0. The molecule has 0 spiro atoms. The Kier molecular flexibility index (Phi) is 3.77. The number of rotatable bonds is 6. The van der Waals surface area contributed by atoms with Crippen LogP contribution >= 0.6 is 11.3 Å². The van der Waals surface area contributed by atoms with Gasteiger partial charge >= 0.3 is 0 Å². The number of carbonyl (C=O) groups is 1. The van der Waals surface area contributed by atoms with E-state index in [1.54, 1.807) is 6.07 Å². The fraction of sp³-hybridized carbons (Fsp3) is 0.538. The number of aryl methyl sites for hydroxylation is 1. The summed E-state index contributed by atoms with van der Waals surface area (Å²) in [7, 11) is 0. The number of aromatic nitrogens is 3. The van der Waals surface area contributed by atoms with Crippen LogP contribution in [0.25, 0.3) is 0 Å². The van der Waals surface area contributed by atoms with Gasteiger partial charge in [-0.3, -0.25) is 10.1 Å². The largest absolute Gasteiger partial charge is 0.360 e. The third-order valence-electron chi connectivity index (χ3n) is 3.17. The minimum Gasteiger partial charge on any atom is -0.360 e. The zero-order valence-corrected chi connectivity index (χ0v) is 12.1. The molecule has 2 heterocycles. The Morgan fingerprint density at radius 3 is 3.10 bits per heavy atom. The standard InChI is InChI=1S/C13H16N4O2S/c1-2-3-4-11-15-16-13(20-11)14-12(18)9-7-10(19-17-9)8-5-6-8/h7-8H,2-6H2,1H3,(H,14,16,18). The highest BCUT2D eigenvalue weighted by Crippen LogP contribution is 2.40. The van der Waals surface area contributed by atoms with Gasteiger partial charge in [-0.25, -0.2) is 0 Å². The Morgan fingerprint density at radius 2 is 2.35 bits per heavy atom. The van der Waals surface area contributed by atoms with Crippen molar-refractivity contribution in [1.29, 1.82) is 0 Å². The fourth-order valence-corrected chi connectivity index (χ4v) is 2.63. The van der Waals surface area contributed by atoms with Gasteiger partial charge in [0, 0.05) is 18.4 Å². The molecule has 0 aliphatic heterocycles. The highest BCUT2D eigenvalue weighted by atomic mass is 32.1. The summed E-state index contributed by atoms with van der Waals surface area (Å²) in [6, 6.07) is 1.71. The van der Waals surface area contributed by atoms with E-state index in [4.69, 9.17) is 4.52 Å². The predicted molar refractivity (Wildman–Crippen MR) is 75.0 cm³/mol. The average Bonchev–Trinajstić information content (AvgIpc) is 3.01. The van der Waals surface area contributed by atoms with E-state index in [-0.39, 0.29) is 5.91 Å². The maximum atomic E-state index is 12.0. The molecule has 0 radical (unpaired) electrons. The van der Waals surface area contributed by atoms with Gasteiger partial charge in [-0.2, -0.15) is 0 Å². The van der Waals surface area contributed by atoms with Crippen molar-refractivity contribution in [1.82, 2.24) is 15.4 Å². The van der Waals surface area contributed by atoms with E-state index in [0.717, 1.165) is 42.9 Å². The van der Waals surface area contributed by atoms with Crippen molar-refractivity contribution in [2.24, 2.45) is 0 Å². The fourth-order valence-electron chi connectivity index (χ4n) is 1.85. The predicted octanol–water partition coefficient (Wildman–Crippen LogP) is 3.00. The van der Waals surface area contributed by atoms with Crippen molar-refractivity contribution in [3.8, 4) is 0 Å². The number of nitrogens with one attached hydrogen (secondary N) is 1. The number of amides is 1. The summed E-state index contributed by atoms with van der Waals surface area (Å²) in [4.78, 5) is 12.0. The lowest BCUT2D eigenvalue weighted by atomic mass is 10.3. The molecule has 0 atom stereocenters. The molecule has 0 bridgehead atoms. The number of nitrogens with zero attached hydrogens (tertiary/aromatic N) is 3. The Bertz CT molecular complexity index is 603. The lowest BCUT2D eigenvalue weighted by Crippen LogP contribution is -2.11. The van der Waals surface area contributed by atoms with Gasteiger partial charge in [0.25, 0.3) is 5.91 Å². The lowest BCUT2D eigenvalue weighted by molar-refractivity contribution is 0.101. The van der Waals surface area contributed by atoms with E-state index in [1.165, 1.54) is 11.3 Å². The van der Waals surface area contributed by atoms with E-state index in [9.17, 15) is 4.79 Å². The zero-order valence-electron chi connectivity index (χ0n) is 11.3. The minimum absolute atomic E-state index is 0.293. The Hall–Kier alpha value is -1.76. The van der Waals surface area contributed by atoms with Crippen LogP contribution in [0.5, 0.6) is 0 Å². The lowest BCUT2D eigenvalue weighted by Gasteiger charge is -1.94. The smallest absolute Gasteiger partial charge is 0.279 e. The molecule has 1 fully saturated rings. The number of hydrogen-bond donors (Lipinski definition) is 1. The molecule has 106 valence electrons. The number of unbranched alkanes of at least 4 members (excludes halogenated alkanes) is 1. The van der Waals surface area contributed by atoms with Crippen LogP contribution in [0.1, 0.15) is 59.8 Å². The molecule has 2 aromatic rings. The van der Waals surface area contributed by atoms with Crippen LogP contribution in [-0.2, 0) is 6.42 Å². The van der Waals surface area contributed by atoms with Crippen molar-refractivity contribution in [3.63, 3.8) is 0 Å². The third-order valence-corrected chi connectivity index (χ3v) is 4.07. The molecule has 7 heteroatoms. The second-order valence-electron chi connectivity index (χ2n) is 4.95. The van der Waals surface area contributed by atoms with Crippen LogP contribution in [0.2, 0.25) is 0 Å². The van der Waals surface area contributed by atoms with Crippen LogP contribution < -0.4 is 5.32 Å². The van der Waals surface area contributed by atoms with Gasteiger partial charge < -0.3 is 4.52 Å². The molecule has 3 rings (SSSR count). The van der Waals surface area contributed by atoms with E-state index in [0.29, 0.717) is 16.7 Å². The first-order valence-electron chi connectivity index (χ1n) is 6.86. The highest BCUT2D eigenvalue weighted by molar-refractivity contribution is 7.15. The molecular weight excluding hydrogens is 276 g/mol. The van der Waals surface area contributed by atoms with Crippen LogP contribution in [0.15, 0.2) is 10.6 Å². The molecule has 6 nitrogen and oxygen atoms in total. The SMILES string of the molecule is CCCCc1nnc(NC(=O)c2cc(C3CC3)on2)s1. The maximum Gasteiger partial charge on any atom is 0.279 e.